The number of aromatic nitrogens is 2. The van der Waals surface area contributed by atoms with Crippen molar-refractivity contribution in [1.82, 2.24) is 15.3 Å². The average Bonchev–Trinajstić information content (AvgIpc) is 2.40. The van der Waals surface area contributed by atoms with E-state index in [2.05, 4.69) is 15.3 Å². The van der Waals surface area contributed by atoms with E-state index < -0.39 is 0 Å². The number of rotatable bonds is 2. The largest absolute Gasteiger partial charge is 0.474 e. The van der Waals surface area contributed by atoms with E-state index in [4.69, 9.17) is 4.74 Å². The Balaban J connectivity index is 1.89. The molecule has 1 saturated heterocycles. The number of para-hydroxylation sites is 1. The quantitative estimate of drug-likeness (QED) is 0.852. The molecule has 0 atom stereocenters. The number of nitrogens with zero attached hydrogens (tertiary/aromatic N) is 2. The summed E-state index contributed by atoms with van der Waals surface area (Å²) in [7, 11) is 0. The lowest BCUT2D eigenvalue weighted by Gasteiger charge is -2.23. The highest BCUT2D eigenvalue weighted by Crippen LogP contribution is 2.23. The molecule has 1 fully saturated rings. The number of hydrogen-bond acceptors (Lipinski definition) is 4. The predicted molar refractivity (Wildman–Crippen MR) is 66.1 cm³/mol. The Morgan fingerprint density at radius 2 is 1.94 bits per heavy atom. The zero-order valence-corrected chi connectivity index (χ0v) is 9.60. The molecule has 3 rings (SSSR count). The Kier molecular flexibility index (Phi) is 2.88. The number of benzene rings is 1. The highest BCUT2D eigenvalue weighted by molar-refractivity contribution is 5.82. The molecule has 1 aliphatic heterocycles. The molecule has 1 N–H and O–H groups in total. The van der Waals surface area contributed by atoms with Crippen molar-refractivity contribution in [3.05, 3.63) is 30.6 Å². The van der Waals surface area contributed by atoms with Gasteiger partial charge in [-0.1, -0.05) is 12.1 Å². The Labute approximate surface area is 100 Å². The van der Waals surface area contributed by atoms with Gasteiger partial charge in [-0.2, -0.15) is 0 Å². The van der Waals surface area contributed by atoms with Crippen LogP contribution in [0.3, 0.4) is 0 Å². The van der Waals surface area contributed by atoms with Gasteiger partial charge in [0, 0.05) is 0 Å². The van der Waals surface area contributed by atoms with Crippen LogP contribution < -0.4 is 10.1 Å². The van der Waals surface area contributed by atoms with Gasteiger partial charge >= 0.3 is 0 Å². The van der Waals surface area contributed by atoms with Gasteiger partial charge in [0.1, 0.15) is 12.4 Å². The highest BCUT2D eigenvalue weighted by Gasteiger charge is 2.16. The fourth-order valence-electron chi connectivity index (χ4n) is 2.15. The summed E-state index contributed by atoms with van der Waals surface area (Å²) in [6, 6.07) is 7.95. The smallest absolute Gasteiger partial charge is 0.224 e. The van der Waals surface area contributed by atoms with Gasteiger partial charge in [-0.25, -0.2) is 9.97 Å². The lowest BCUT2D eigenvalue weighted by molar-refractivity contribution is 0.158. The third kappa shape index (κ3) is 2.22. The molecule has 17 heavy (non-hydrogen) atoms. The Bertz CT molecular complexity index is 503. The lowest BCUT2D eigenvalue weighted by Crippen LogP contribution is -2.34. The first-order valence-corrected chi connectivity index (χ1v) is 6.00. The SMILES string of the molecule is c1ccc2c(OC3CCNCC3)ncnc2c1. The zero-order valence-electron chi connectivity index (χ0n) is 9.60. The van der Waals surface area contributed by atoms with Crippen LogP contribution in [0.1, 0.15) is 12.8 Å². The molecule has 1 aromatic heterocycles. The van der Waals surface area contributed by atoms with Gasteiger partial charge in [-0.3, -0.25) is 0 Å². The molecule has 1 aromatic carbocycles. The average molecular weight is 229 g/mol. The highest BCUT2D eigenvalue weighted by atomic mass is 16.5. The molecule has 0 amide bonds. The standard InChI is InChI=1S/C13H15N3O/c1-2-4-12-11(3-1)13(16-9-15-12)17-10-5-7-14-8-6-10/h1-4,9-10,14H,5-8H2. The van der Waals surface area contributed by atoms with Crippen LogP contribution in [-0.2, 0) is 0 Å². The molecule has 2 aromatic rings. The lowest BCUT2D eigenvalue weighted by atomic mass is 10.1. The van der Waals surface area contributed by atoms with E-state index in [0.29, 0.717) is 5.88 Å². The van der Waals surface area contributed by atoms with Crippen LogP contribution in [-0.4, -0.2) is 29.2 Å². The van der Waals surface area contributed by atoms with Gasteiger partial charge in [-0.15, -0.1) is 0 Å². The number of ether oxygens (including phenoxy) is 1. The fourth-order valence-corrected chi connectivity index (χ4v) is 2.15. The van der Waals surface area contributed by atoms with E-state index in [1.54, 1.807) is 6.33 Å². The minimum absolute atomic E-state index is 0.273. The molecule has 0 radical (unpaired) electrons. The molecule has 0 saturated carbocycles. The van der Waals surface area contributed by atoms with Gasteiger partial charge < -0.3 is 10.1 Å². The second-order valence-corrected chi connectivity index (χ2v) is 4.26. The van der Waals surface area contributed by atoms with Crippen molar-refractivity contribution >= 4 is 10.9 Å². The summed E-state index contributed by atoms with van der Waals surface area (Å²) in [5.74, 6) is 0.711. The van der Waals surface area contributed by atoms with E-state index in [1.807, 2.05) is 24.3 Å². The molecule has 0 aliphatic carbocycles. The predicted octanol–water partition coefficient (Wildman–Crippen LogP) is 1.76. The molecular formula is C13H15N3O. The first kappa shape index (κ1) is 10.5. The summed E-state index contributed by atoms with van der Waals surface area (Å²) in [4.78, 5) is 8.48. The summed E-state index contributed by atoms with van der Waals surface area (Å²) >= 11 is 0. The second-order valence-electron chi connectivity index (χ2n) is 4.26. The van der Waals surface area contributed by atoms with E-state index in [-0.39, 0.29) is 6.10 Å². The van der Waals surface area contributed by atoms with Crippen LogP contribution in [0, 0.1) is 0 Å². The fraction of sp³-hybridized carbons (Fsp3) is 0.385. The zero-order chi connectivity index (χ0) is 11.5. The van der Waals surface area contributed by atoms with E-state index in [9.17, 15) is 0 Å². The van der Waals surface area contributed by atoms with Crippen LogP contribution in [0.5, 0.6) is 5.88 Å². The molecule has 2 heterocycles. The maximum absolute atomic E-state index is 5.98. The van der Waals surface area contributed by atoms with Gasteiger partial charge in [0.2, 0.25) is 5.88 Å². The summed E-state index contributed by atoms with van der Waals surface area (Å²) in [6.07, 6.45) is 3.92. The maximum Gasteiger partial charge on any atom is 0.224 e. The molecule has 1 aliphatic rings. The molecular weight excluding hydrogens is 214 g/mol. The van der Waals surface area contributed by atoms with Crippen molar-refractivity contribution in [2.24, 2.45) is 0 Å². The first-order valence-electron chi connectivity index (χ1n) is 6.00. The van der Waals surface area contributed by atoms with Crippen molar-refractivity contribution < 1.29 is 4.74 Å². The Morgan fingerprint density at radius 3 is 2.82 bits per heavy atom. The first-order chi connectivity index (χ1) is 8.43. The number of piperidine rings is 1. The van der Waals surface area contributed by atoms with E-state index in [1.165, 1.54) is 0 Å². The second kappa shape index (κ2) is 4.67. The van der Waals surface area contributed by atoms with E-state index in [0.717, 1.165) is 36.8 Å². The normalized spacial score (nSPS) is 17.2. The molecule has 4 nitrogen and oxygen atoms in total. The maximum atomic E-state index is 5.98. The topological polar surface area (TPSA) is 47.0 Å². The monoisotopic (exact) mass is 229 g/mol. The number of fused-ring (bicyclic) bond motifs is 1. The molecule has 4 heteroatoms. The van der Waals surface area contributed by atoms with Gasteiger partial charge in [0.15, 0.2) is 0 Å². The van der Waals surface area contributed by atoms with Crippen molar-refractivity contribution in [3.8, 4) is 5.88 Å². The minimum atomic E-state index is 0.273. The van der Waals surface area contributed by atoms with Crippen LogP contribution in [0.25, 0.3) is 10.9 Å². The van der Waals surface area contributed by atoms with Crippen molar-refractivity contribution in [2.75, 3.05) is 13.1 Å². The summed E-state index contributed by atoms with van der Waals surface area (Å²) in [5.41, 5.74) is 0.937. The molecule has 88 valence electrons. The number of nitrogens with one attached hydrogen (secondary N) is 1. The Morgan fingerprint density at radius 1 is 1.12 bits per heavy atom. The minimum Gasteiger partial charge on any atom is -0.474 e. The van der Waals surface area contributed by atoms with Crippen molar-refractivity contribution in [1.29, 1.82) is 0 Å². The third-order valence-electron chi connectivity index (χ3n) is 3.07. The van der Waals surface area contributed by atoms with E-state index >= 15 is 0 Å². The summed E-state index contributed by atoms with van der Waals surface area (Å²) in [5, 5.41) is 4.32. The number of hydrogen-bond donors (Lipinski definition) is 1. The third-order valence-corrected chi connectivity index (χ3v) is 3.07. The Hall–Kier alpha value is -1.68. The van der Waals surface area contributed by atoms with Crippen LogP contribution >= 0.6 is 0 Å². The molecule has 0 spiro atoms. The van der Waals surface area contributed by atoms with Crippen LogP contribution in [0.4, 0.5) is 0 Å². The summed E-state index contributed by atoms with van der Waals surface area (Å²) < 4.78 is 5.98. The molecule has 0 unspecified atom stereocenters. The van der Waals surface area contributed by atoms with Gasteiger partial charge in [0.25, 0.3) is 0 Å². The summed E-state index contributed by atoms with van der Waals surface area (Å²) in [6.45, 7) is 2.04. The van der Waals surface area contributed by atoms with Crippen molar-refractivity contribution in [3.63, 3.8) is 0 Å². The van der Waals surface area contributed by atoms with Crippen molar-refractivity contribution in [2.45, 2.75) is 18.9 Å². The van der Waals surface area contributed by atoms with Gasteiger partial charge in [0.05, 0.1) is 10.9 Å². The van der Waals surface area contributed by atoms with Crippen LogP contribution in [0.2, 0.25) is 0 Å². The van der Waals surface area contributed by atoms with Crippen LogP contribution in [0.15, 0.2) is 30.6 Å². The molecule has 0 bridgehead atoms. The van der Waals surface area contributed by atoms with Gasteiger partial charge in [-0.05, 0) is 38.1 Å².